The number of methoxy groups -OCH3 is 1. The number of amides is 1. The lowest BCUT2D eigenvalue weighted by molar-refractivity contribution is -0.120. The van der Waals surface area contributed by atoms with Gasteiger partial charge in [0.1, 0.15) is 12.3 Å². The molecule has 0 bridgehead atoms. The van der Waals surface area contributed by atoms with Gasteiger partial charge in [0, 0.05) is 0 Å². The number of carbonyl (C=O) groups excluding carboxylic acids is 1. The number of nitrogens with zero attached hydrogens (tertiary/aromatic N) is 1. The van der Waals surface area contributed by atoms with Crippen molar-refractivity contribution >= 4 is 21.6 Å². The number of ether oxygens (including phenoxy) is 1. The Kier molecular flexibility index (Phi) is 6.63. The second kappa shape index (κ2) is 8.71. The topological polar surface area (TPSA) is 75.7 Å². The predicted molar refractivity (Wildman–Crippen MR) is 103 cm³/mol. The SMILES string of the molecule is CC[C@@H](NC(=O)CN(c1ccccc1OC)S(C)(=O)=O)c1ccccc1. The van der Waals surface area contributed by atoms with Crippen LogP contribution in [0.25, 0.3) is 0 Å². The van der Waals surface area contributed by atoms with Crippen molar-refractivity contribution in [1.82, 2.24) is 5.32 Å². The van der Waals surface area contributed by atoms with Gasteiger partial charge in [-0.15, -0.1) is 0 Å². The molecule has 1 amide bonds. The zero-order chi connectivity index (χ0) is 19.2. The van der Waals surface area contributed by atoms with Crippen molar-refractivity contribution in [1.29, 1.82) is 0 Å². The van der Waals surface area contributed by atoms with E-state index in [2.05, 4.69) is 5.32 Å². The minimum absolute atomic E-state index is 0.178. The molecule has 1 atom stereocenters. The highest BCUT2D eigenvalue weighted by atomic mass is 32.2. The third kappa shape index (κ3) is 4.98. The van der Waals surface area contributed by atoms with Crippen LogP contribution in [0.1, 0.15) is 24.9 Å². The van der Waals surface area contributed by atoms with Gasteiger partial charge in [0.05, 0.1) is 25.1 Å². The van der Waals surface area contributed by atoms with Gasteiger partial charge in [-0.25, -0.2) is 8.42 Å². The molecule has 1 N–H and O–H groups in total. The molecule has 0 radical (unpaired) electrons. The fourth-order valence-corrected chi connectivity index (χ4v) is 3.55. The van der Waals surface area contributed by atoms with Crippen molar-refractivity contribution < 1.29 is 17.9 Å². The molecule has 0 aliphatic rings. The molecule has 2 aromatic carbocycles. The van der Waals surface area contributed by atoms with E-state index in [0.29, 0.717) is 17.9 Å². The largest absolute Gasteiger partial charge is 0.495 e. The van der Waals surface area contributed by atoms with Crippen molar-refractivity contribution in [2.45, 2.75) is 19.4 Å². The Labute approximate surface area is 154 Å². The molecular formula is C19H24N2O4S. The van der Waals surface area contributed by atoms with Crippen molar-refractivity contribution in [3.8, 4) is 5.75 Å². The van der Waals surface area contributed by atoms with E-state index in [9.17, 15) is 13.2 Å². The predicted octanol–water partition coefficient (Wildman–Crippen LogP) is 2.73. The molecule has 140 valence electrons. The van der Waals surface area contributed by atoms with Crippen LogP contribution < -0.4 is 14.4 Å². The summed E-state index contributed by atoms with van der Waals surface area (Å²) in [4.78, 5) is 12.6. The van der Waals surface area contributed by atoms with Gasteiger partial charge in [-0.2, -0.15) is 0 Å². The molecule has 26 heavy (non-hydrogen) atoms. The van der Waals surface area contributed by atoms with Gasteiger partial charge >= 0.3 is 0 Å². The van der Waals surface area contributed by atoms with Crippen molar-refractivity contribution in [2.24, 2.45) is 0 Å². The first-order valence-electron chi connectivity index (χ1n) is 8.31. The highest BCUT2D eigenvalue weighted by Crippen LogP contribution is 2.29. The maximum absolute atomic E-state index is 12.6. The van der Waals surface area contributed by atoms with Crippen molar-refractivity contribution in [3.63, 3.8) is 0 Å². The molecule has 0 spiro atoms. The molecular weight excluding hydrogens is 352 g/mol. The molecule has 0 heterocycles. The number of carbonyl (C=O) groups is 1. The summed E-state index contributed by atoms with van der Waals surface area (Å²) in [6.45, 7) is 1.65. The molecule has 0 aromatic heterocycles. The molecule has 2 rings (SSSR count). The first-order valence-corrected chi connectivity index (χ1v) is 10.2. The van der Waals surface area contributed by atoms with Crippen LogP contribution in [0.2, 0.25) is 0 Å². The Morgan fingerprint density at radius 2 is 1.73 bits per heavy atom. The van der Waals surface area contributed by atoms with Crippen LogP contribution in [0, 0.1) is 0 Å². The van der Waals surface area contributed by atoms with E-state index in [-0.39, 0.29) is 18.5 Å². The number of benzene rings is 2. The van der Waals surface area contributed by atoms with Crippen molar-refractivity contribution in [2.75, 3.05) is 24.2 Å². The van der Waals surface area contributed by atoms with Gasteiger partial charge in [-0.05, 0) is 24.1 Å². The number of rotatable bonds is 8. The summed E-state index contributed by atoms with van der Waals surface area (Å²) in [5.74, 6) is 0.0119. The van der Waals surface area contributed by atoms with E-state index < -0.39 is 10.0 Å². The van der Waals surface area contributed by atoms with Crippen LogP contribution in [0.15, 0.2) is 54.6 Å². The van der Waals surface area contributed by atoms with Gasteiger partial charge in [-0.1, -0.05) is 49.4 Å². The fourth-order valence-electron chi connectivity index (χ4n) is 2.69. The number of sulfonamides is 1. The molecule has 0 fully saturated rings. The smallest absolute Gasteiger partial charge is 0.241 e. The highest BCUT2D eigenvalue weighted by Gasteiger charge is 2.24. The van der Waals surface area contributed by atoms with Crippen molar-refractivity contribution in [3.05, 3.63) is 60.2 Å². The monoisotopic (exact) mass is 376 g/mol. The number of hydrogen-bond donors (Lipinski definition) is 1. The summed E-state index contributed by atoms with van der Waals surface area (Å²) >= 11 is 0. The fraction of sp³-hybridized carbons (Fsp3) is 0.316. The number of anilines is 1. The second-order valence-electron chi connectivity index (χ2n) is 5.88. The molecule has 6 nitrogen and oxygen atoms in total. The van der Waals surface area contributed by atoms with Crippen LogP contribution in [0.3, 0.4) is 0 Å². The minimum Gasteiger partial charge on any atom is -0.495 e. The Morgan fingerprint density at radius 1 is 1.12 bits per heavy atom. The average molecular weight is 376 g/mol. The molecule has 0 aliphatic carbocycles. The van der Waals surface area contributed by atoms with E-state index in [1.807, 2.05) is 37.3 Å². The van der Waals surface area contributed by atoms with Crippen LogP contribution >= 0.6 is 0 Å². The van der Waals surface area contributed by atoms with Crippen LogP contribution in [0.5, 0.6) is 5.75 Å². The molecule has 0 unspecified atom stereocenters. The van der Waals surface area contributed by atoms with Gasteiger partial charge in [0.25, 0.3) is 0 Å². The quantitative estimate of drug-likeness (QED) is 0.769. The lowest BCUT2D eigenvalue weighted by Crippen LogP contribution is -2.41. The minimum atomic E-state index is -3.66. The van der Waals surface area contributed by atoms with E-state index in [1.165, 1.54) is 7.11 Å². The van der Waals surface area contributed by atoms with Gasteiger partial charge in [0.15, 0.2) is 0 Å². The third-order valence-corrected chi connectivity index (χ3v) is 5.11. The lowest BCUT2D eigenvalue weighted by Gasteiger charge is -2.25. The van der Waals surface area contributed by atoms with E-state index >= 15 is 0 Å². The average Bonchev–Trinajstić information content (AvgIpc) is 2.64. The van der Waals surface area contributed by atoms with Crippen LogP contribution in [-0.4, -0.2) is 34.2 Å². The Morgan fingerprint density at radius 3 is 2.31 bits per heavy atom. The number of nitrogens with one attached hydrogen (secondary N) is 1. The lowest BCUT2D eigenvalue weighted by atomic mass is 10.0. The molecule has 0 saturated carbocycles. The van der Waals surface area contributed by atoms with E-state index in [1.54, 1.807) is 24.3 Å². The third-order valence-electron chi connectivity index (χ3n) is 3.99. The highest BCUT2D eigenvalue weighted by molar-refractivity contribution is 7.92. The molecule has 2 aromatic rings. The maximum Gasteiger partial charge on any atom is 0.241 e. The maximum atomic E-state index is 12.6. The van der Waals surface area contributed by atoms with Gasteiger partial charge in [-0.3, -0.25) is 9.10 Å². The summed E-state index contributed by atoms with van der Waals surface area (Å²) in [7, 11) is -2.20. The molecule has 0 aliphatic heterocycles. The van der Waals surface area contributed by atoms with Gasteiger partial charge in [0.2, 0.25) is 15.9 Å². The van der Waals surface area contributed by atoms with Crippen LogP contribution in [0.4, 0.5) is 5.69 Å². The summed E-state index contributed by atoms with van der Waals surface area (Å²) in [6, 6.07) is 16.1. The second-order valence-corrected chi connectivity index (χ2v) is 7.79. The zero-order valence-electron chi connectivity index (χ0n) is 15.2. The van der Waals surface area contributed by atoms with E-state index in [0.717, 1.165) is 16.1 Å². The number of para-hydroxylation sites is 2. The van der Waals surface area contributed by atoms with Crippen LogP contribution in [-0.2, 0) is 14.8 Å². The standard InChI is InChI=1S/C19H24N2O4S/c1-4-16(15-10-6-5-7-11-15)20-19(22)14-21(26(3,23)24)17-12-8-9-13-18(17)25-2/h5-13,16H,4,14H2,1-3H3,(H,20,22)/t16-/m1/s1. The zero-order valence-corrected chi connectivity index (χ0v) is 16.0. The number of hydrogen-bond acceptors (Lipinski definition) is 4. The Hall–Kier alpha value is -2.54. The first-order chi connectivity index (χ1) is 12.4. The Balaban J connectivity index is 2.22. The first kappa shape index (κ1) is 19.8. The normalized spacial score (nSPS) is 12.3. The summed E-state index contributed by atoms with van der Waals surface area (Å²) in [5, 5.41) is 2.91. The summed E-state index contributed by atoms with van der Waals surface area (Å²) < 4.78 is 30.8. The van der Waals surface area contributed by atoms with E-state index in [4.69, 9.17) is 4.74 Å². The summed E-state index contributed by atoms with van der Waals surface area (Å²) in [5.41, 5.74) is 1.31. The Bertz CT molecular complexity index is 838. The van der Waals surface area contributed by atoms with Gasteiger partial charge < -0.3 is 10.1 Å². The summed E-state index contributed by atoms with van der Waals surface area (Å²) in [6.07, 6.45) is 1.77. The molecule has 0 saturated heterocycles. The molecule has 7 heteroatoms.